The summed E-state index contributed by atoms with van der Waals surface area (Å²) >= 11 is 1.86. The summed E-state index contributed by atoms with van der Waals surface area (Å²) in [6.07, 6.45) is 0.449. The second kappa shape index (κ2) is 7.98. The Morgan fingerprint density at radius 3 is 2.96 bits per heavy atom. The van der Waals surface area contributed by atoms with Crippen LogP contribution in [0.3, 0.4) is 0 Å². The van der Waals surface area contributed by atoms with E-state index in [1.54, 1.807) is 21.9 Å². The third-order valence-electron chi connectivity index (χ3n) is 4.35. The van der Waals surface area contributed by atoms with Crippen molar-refractivity contribution in [2.24, 2.45) is 0 Å². The number of nitrogens with zero attached hydrogens (tertiary/aromatic N) is 2. The molecular weight excluding hydrogens is 329 g/mol. The Morgan fingerprint density at radius 2 is 2.25 bits per heavy atom. The summed E-state index contributed by atoms with van der Waals surface area (Å²) in [6, 6.07) is 6.48. The predicted octanol–water partition coefficient (Wildman–Crippen LogP) is 1.09. The fourth-order valence-corrected chi connectivity index (χ4v) is 3.98. The Kier molecular flexibility index (Phi) is 5.73. The minimum absolute atomic E-state index is 0.0359. The molecule has 0 aromatic heterocycles. The molecule has 0 saturated carbocycles. The number of benzene rings is 1. The lowest BCUT2D eigenvalue weighted by atomic mass is 10.1. The molecule has 2 aliphatic heterocycles. The molecule has 1 N–H and O–H groups in total. The smallest absolute Gasteiger partial charge is 0.242 e. The summed E-state index contributed by atoms with van der Waals surface area (Å²) in [5.41, 5.74) is 0.770. The molecule has 24 heavy (non-hydrogen) atoms. The monoisotopic (exact) mass is 351 g/mol. The van der Waals surface area contributed by atoms with E-state index in [0.29, 0.717) is 26.1 Å². The molecule has 2 heterocycles. The first-order chi connectivity index (χ1) is 11.6. The van der Waals surface area contributed by atoms with E-state index in [0.717, 1.165) is 23.6 Å². The van der Waals surface area contributed by atoms with Crippen LogP contribution in [0.1, 0.15) is 12.0 Å². The molecule has 1 aromatic carbocycles. The predicted molar refractivity (Wildman–Crippen MR) is 92.1 cm³/mol. The van der Waals surface area contributed by atoms with Crippen molar-refractivity contribution in [3.8, 4) is 0 Å². The summed E-state index contributed by atoms with van der Waals surface area (Å²) in [4.78, 5) is 28.0. The fourth-order valence-electron chi connectivity index (χ4n) is 3.03. The second-order valence-electron chi connectivity index (χ2n) is 6.19. The molecule has 0 bridgehead atoms. The van der Waals surface area contributed by atoms with Crippen LogP contribution in [-0.4, -0.2) is 65.3 Å². The number of hydrogen-bond acceptors (Lipinski definition) is 4. The largest absolute Gasteiger partial charge is 0.335 e. The zero-order chi connectivity index (χ0) is 16.9. The van der Waals surface area contributed by atoms with Crippen LogP contribution < -0.4 is 5.32 Å². The van der Waals surface area contributed by atoms with Gasteiger partial charge in [-0.3, -0.25) is 9.59 Å². The topological polar surface area (TPSA) is 52.7 Å². The third-order valence-corrected chi connectivity index (χ3v) is 5.48. The maximum atomic E-state index is 13.2. The van der Waals surface area contributed by atoms with Crippen LogP contribution in [-0.2, 0) is 16.1 Å². The summed E-state index contributed by atoms with van der Waals surface area (Å²) in [7, 11) is 0. The normalized spacial score (nSPS) is 21.9. The molecule has 0 spiro atoms. The first kappa shape index (κ1) is 17.2. The van der Waals surface area contributed by atoms with Gasteiger partial charge in [0, 0.05) is 50.1 Å². The highest BCUT2D eigenvalue weighted by Crippen LogP contribution is 2.14. The Bertz CT molecular complexity index is 607. The van der Waals surface area contributed by atoms with Crippen molar-refractivity contribution in [1.29, 1.82) is 0 Å². The van der Waals surface area contributed by atoms with Gasteiger partial charge in [-0.25, -0.2) is 4.39 Å². The van der Waals surface area contributed by atoms with E-state index in [9.17, 15) is 14.0 Å². The van der Waals surface area contributed by atoms with Gasteiger partial charge < -0.3 is 15.1 Å². The van der Waals surface area contributed by atoms with Gasteiger partial charge in [0.25, 0.3) is 0 Å². The number of carbonyl (C=O) groups excluding carboxylic acids is 2. The molecule has 1 aromatic rings. The zero-order valence-corrected chi connectivity index (χ0v) is 14.4. The quantitative estimate of drug-likeness (QED) is 0.882. The molecule has 2 saturated heterocycles. The van der Waals surface area contributed by atoms with E-state index in [1.165, 1.54) is 12.1 Å². The van der Waals surface area contributed by atoms with Gasteiger partial charge in [0.2, 0.25) is 11.8 Å². The minimum atomic E-state index is -0.299. The SMILES string of the molecule is O=C(CC1CSCCN1)N1CCN(Cc2cccc(F)c2)C(=O)C1. The van der Waals surface area contributed by atoms with E-state index >= 15 is 0 Å². The van der Waals surface area contributed by atoms with Gasteiger partial charge in [0.05, 0.1) is 6.54 Å². The van der Waals surface area contributed by atoms with Crippen molar-refractivity contribution < 1.29 is 14.0 Å². The Morgan fingerprint density at radius 1 is 1.38 bits per heavy atom. The number of thioether (sulfide) groups is 1. The molecule has 3 rings (SSSR count). The van der Waals surface area contributed by atoms with Crippen molar-refractivity contribution in [2.45, 2.75) is 19.0 Å². The van der Waals surface area contributed by atoms with Crippen molar-refractivity contribution >= 4 is 23.6 Å². The third kappa shape index (κ3) is 4.48. The molecule has 0 radical (unpaired) electrons. The molecule has 1 atom stereocenters. The average Bonchev–Trinajstić information content (AvgIpc) is 2.57. The molecule has 2 fully saturated rings. The van der Waals surface area contributed by atoms with Gasteiger partial charge in [-0.2, -0.15) is 11.8 Å². The standard InChI is InChI=1S/C17H22FN3O2S/c18-14-3-1-2-13(8-14)10-20-5-6-21(11-17(20)23)16(22)9-15-12-24-7-4-19-15/h1-3,8,15,19H,4-7,9-12H2. The summed E-state index contributed by atoms with van der Waals surface area (Å²) in [6.45, 7) is 2.48. The Labute approximate surface area is 145 Å². The molecular formula is C17H22FN3O2S. The van der Waals surface area contributed by atoms with Crippen LogP contribution in [0.5, 0.6) is 0 Å². The summed E-state index contributed by atoms with van der Waals surface area (Å²) < 4.78 is 13.2. The number of rotatable bonds is 4. The maximum Gasteiger partial charge on any atom is 0.242 e. The van der Waals surface area contributed by atoms with E-state index in [1.807, 2.05) is 11.8 Å². The van der Waals surface area contributed by atoms with Crippen molar-refractivity contribution in [1.82, 2.24) is 15.1 Å². The lowest BCUT2D eigenvalue weighted by Crippen LogP contribution is -2.53. The number of halogens is 1. The molecule has 1 unspecified atom stereocenters. The lowest BCUT2D eigenvalue weighted by molar-refractivity contribution is -0.145. The van der Waals surface area contributed by atoms with Crippen molar-refractivity contribution in [2.75, 3.05) is 37.7 Å². The van der Waals surface area contributed by atoms with Crippen LogP contribution in [0.4, 0.5) is 4.39 Å². The van der Waals surface area contributed by atoms with Gasteiger partial charge in [-0.1, -0.05) is 12.1 Å². The van der Waals surface area contributed by atoms with Gasteiger partial charge in [-0.15, -0.1) is 0 Å². The Balaban J connectivity index is 1.51. The highest BCUT2D eigenvalue weighted by molar-refractivity contribution is 7.99. The van der Waals surface area contributed by atoms with Gasteiger partial charge in [0.1, 0.15) is 5.82 Å². The van der Waals surface area contributed by atoms with Crippen LogP contribution in [0, 0.1) is 5.82 Å². The summed E-state index contributed by atoms with van der Waals surface area (Å²) in [5.74, 6) is 1.69. The van der Waals surface area contributed by atoms with Gasteiger partial charge in [-0.05, 0) is 17.7 Å². The van der Waals surface area contributed by atoms with E-state index in [-0.39, 0.29) is 30.2 Å². The van der Waals surface area contributed by atoms with Crippen molar-refractivity contribution in [3.05, 3.63) is 35.6 Å². The first-order valence-corrected chi connectivity index (χ1v) is 9.38. The summed E-state index contributed by atoms with van der Waals surface area (Å²) in [5, 5.41) is 3.35. The number of amides is 2. The van der Waals surface area contributed by atoms with Gasteiger partial charge in [0.15, 0.2) is 0 Å². The minimum Gasteiger partial charge on any atom is -0.335 e. The van der Waals surface area contributed by atoms with Crippen LogP contribution in [0.15, 0.2) is 24.3 Å². The molecule has 130 valence electrons. The second-order valence-corrected chi connectivity index (χ2v) is 7.34. The number of piperazine rings is 1. The lowest BCUT2D eigenvalue weighted by Gasteiger charge is -2.35. The fraction of sp³-hybridized carbons (Fsp3) is 0.529. The van der Waals surface area contributed by atoms with E-state index in [4.69, 9.17) is 0 Å². The number of carbonyl (C=O) groups is 2. The van der Waals surface area contributed by atoms with Crippen LogP contribution >= 0.6 is 11.8 Å². The highest BCUT2D eigenvalue weighted by atomic mass is 32.2. The van der Waals surface area contributed by atoms with Crippen LogP contribution in [0.2, 0.25) is 0 Å². The molecule has 7 heteroatoms. The number of nitrogens with one attached hydrogen (secondary N) is 1. The molecule has 5 nitrogen and oxygen atoms in total. The first-order valence-electron chi connectivity index (χ1n) is 8.23. The maximum absolute atomic E-state index is 13.2. The molecule has 0 aliphatic carbocycles. The zero-order valence-electron chi connectivity index (χ0n) is 13.5. The highest BCUT2D eigenvalue weighted by Gasteiger charge is 2.28. The van der Waals surface area contributed by atoms with Crippen LogP contribution in [0.25, 0.3) is 0 Å². The molecule has 2 amide bonds. The van der Waals surface area contributed by atoms with Crippen molar-refractivity contribution in [3.63, 3.8) is 0 Å². The average molecular weight is 351 g/mol. The molecule has 2 aliphatic rings. The van der Waals surface area contributed by atoms with Gasteiger partial charge >= 0.3 is 0 Å². The van der Waals surface area contributed by atoms with E-state index < -0.39 is 0 Å². The number of hydrogen-bond donors (Lipinski definition) is 1. The Hall–Kier alpha value is -1.60. The van der Waals surface area contributed by atoms with E-state index in [2.05, 4.69) is 5.32 Å².